The lowest BCUT2D eigenvalue weighted by Crippen LogP contribution is -2.38. The summed E-state index contributed by atoms with van der Waals surface area (Å²) in [5.41, 5.74) is 0. The van der Waals surface area contributed by atoms with Gasteiger partial charge in [-0.2, -0.15) is 0 Å². The van der Waals surface area contributed by atoms with Crippen LogP contribution in [0.4, 0.5) is 0 Å². The summed E-state index contributed by atoms with van der Waals surface area (Å²) in [7, 11) is 2.27. The molecule has 1 nitrogen and oxygen atoms in total. The summed E-state index contributed by atoms with van der Waals surface area (Å²) >= 11 is 3.64. The van der Waals surface area contributed by atoms with Crippen molar-refractivity contribution >= 4 is 15.9 Å². The van der Waals surface area contributed by atoms with E-state index in [0.717, 1.165) is 16.8 Å². The van der Waals surface area contributed by atoms with Gasteiger partial charge in [-0.1, -0.05) is 29.3 Å². The molecule has 0 spiro atoms. The molecule has 0 bridgehead atoms. The average Bonchev–Trinajstić information content (AvgIpc) is 2.02. The molecule has 0 N–H and O–H groups in total. The number of hydrogen-bond donors (Lipinski definition) is 0. The van der Waals surface area contributed by atoms with Crippen LogP contribution in [0.25, 0.3) is 0 Å². The first-order valence-corrected chi connectivity index (χ1v) is 6.39. The standard InChI is InChI=1S/C11H22BrN/c1-4-5-9(2)13(3)8-10-6-11(12)7-10/h9-11H,4-8H2,1-3H3. The van der Waals surface area contributed by atoms with Crippen molar-refractivity contribution in [2.24, 2.45) is 5.92 Å². The van der Waals surface area contributed by atoms with Crippen molar-refractivity contribution in [2.45, 2.75) is 50.4 Å². The molecule has 1 aliphatic carbocycles. The molecule has 1 fully saturated rings. The van der Waals surface area contributed by atoms with Crippen LogP contribution in [0, 0.1) is 5.92 Å². The van der Waals surface area contributed by atoms with Crippen LogP contribution in [0.3, 0.4) is 0 Å². The first-order valence-electron chi connectivity index (χ1n) is 5.47. The fourth-order valence-corrected chi connectivity index (χ4v) is 3.09. The highest BCUT2D eigenvalue weighted by molar-refractivity contribution is 9.09. The van der Waals surface area contributed by atoms with Crippen LogP contribution in [0.1, 0.15) is 39.5 Å². The molecule has 0 heterocycles. The van der Waals surface area contributed by atoms with E-state index < -0.39 is 0 Å². The first-order chi connectivity index (χ1) is 6.13. The molecule has 1 saturated carbocycles. The van der Waals surface area contributed by atoms with E-state index in [-0.39, 0.29) is 0 Å². The van der Waals surface area contributed by atoms with Crippen LogP contribution in [0.15, 0.2) is 0 Å². The SMILES string of the molecule is CCCC(C)N(C)CC1CC(Br)C1. The molecule has 1 atom stereocenters. The summed E-state index contributed by atoms with van der Waals surface area (Å²) < 4.78 is 0. The van der Waals surface area contributed by atoms with Crippen molar-refractivity contribution in [3.8, 4) is 0 Å². The minimum Gasteiger partial charge on any atom is -0.303 e. The molecule has 1 aliphatic rings. The van der Waals surface area contributed by atoms with E-state index in [1.807, 2.05) is 0 Å². The summed E-state index contributed by atoms with van der Waals surface area (Å²) in [5.74, 6) is 0.952. The van der Waals surface area contributed by atoms with Crippen molar-refractivity contribution in [1.82, 2.24) is 4.90 Å². The minimum atomic E-state index is 0.763. The van der Waals surface area contributed by atoms with Gasteiger partial charge >= 0.3 is 0 Å². The zero-order valence-electron chi connectivity index (χ0n) is 9.09. The summed E-state index contributed by atoms with van der Waals surface area (Å²) in [4.78, 5) is 3.33. The Morgan fingerprint density at radius 3 is 2.54 bits per heavy atom. The molecule has 0 aromatic carbocycles. The van der Waals surface area contributed by atoms with Gasteiger partial charge < -0.3 is 4.90 Å². The molecule has 0 aliphatic heterocycles. The lowest BCUT2D eigenvalue weighted by molar-refractivity contribution is 0.169. The molecular weight excluding hydrogens is 226 g/mol. The fraction of sp³-hybridized carbons (Fsp3) is 1.00. The Balaban J connectivity index is 2.13. The van der Waals surface area contributed by atoms with Gasteiger partial charge in [-0.05, 0) is 39.2 Å². The molecule has 1 unspecified atom stereocenters. The van der Waals surface area contributed by atoms with Crippen LogP contribution in [-0.4, -0.2) is 29.4 Å². The molecule has 13 heavy (non-hydrogen) atoms. The maximum Gasteiger partial charge on any atom is 0.0152 e. The largest absolute Gasteiger partial charge is 0.303 e. The van der Waals surface area contributed by atoms with E-state index in [9.17, 15) is 0 Å². The van der Waals surface area contributed by atoms with Crippen molar-refractivity contribution < 1.29 is 0 Å². The Morgan fingerprint density at radius 1 is 1.46 bits per heavy atom. The summed E-state index contributed by atoms with van der Waals surface area (Å²) in [6.07, 6.45) is 5.39. The van der Waals surface area contributed by atoms with Gasteiger partial charge in [-0.3, -0.25) is 0 Å². The normalized spacial score (nSPS) is 30.2. The molecule has 0 radical (unpaired) electrons. The second-order valence-electron chi connectivity index (χ2n) is 4.51. The zero-order chi connectivity index (χ0) is 9.84. The van der Waals surface area contributed by atoms with E-state index in [4.69, 9.17) is 0 Å². The molecule has 2 heteroatoms. The van der Waals surface area contributed by atoms with Crippen LogP contribution in [0.2, 0.25) is 0 Å². The van der Waals surface area contributed by atoms with Gasteiger partial charge in [0.2, 0.25) is 0 Å². The Labute approximate surface area is 91.0 Å². The van der Waals surface area contributed by atoms with Crippen LogP contribution in [0.5, 0.6) is 0 Å². The van der Waals surface area contributed by atoms with E-state index in [1.54, 1.807) is 0 Å². The highest BCUT2D eigenvalue weighted by Crippen LogP contribution is 2.33. The summed E-state index contributed by atoms with van der Waals surface area (Å²) in [6, 6.07) is 0.763. The van der Waals surface area contributed by atoms with Crippen LogP contribution in [-0.2, 0) is 0 Å². The molecule has 78 valence electrons. The lowest BCUT2D eigenvalue weighted by Gasteiger charge is -2.36. The molecule has 1 rings (SSSR count). The van der Waals surface area contributed by atoms with E-state index >= 15 is 0 Å². The smallest absolute Gasteiger partial charge is 0.0152 e. The monoisotopic (exact) mass is 247 g/mol. The third-order valence-electron chi connectivity index (χ3n) is 3.18. The topological polar surface area (TPSA) is 3.24 Å². The maximum absolute atomic E-state index is 3.64. The number of alkyl halides is 1. The van der Waals surface area contributed by atoms with Gasteiger partial charge in [0, 0.05) is 17.4 Å². The quantitative estimate of drug-likeness (QED) is 0.675. The Kier molecular flexibility index (Phi) is 4.74. The predicted molar refractivity (Wildman–Crippen MR) is 62.4 cm³/mol. The van der Waals surface area contributed by atoms with E-state index in [1.165, 1.54) is 32.2 Å². The predicted octanol–water partition coefficient (Wildman–Crippen LogP) is 3.28. The molecule has 0 aromatic heterocycles. The average molecular weight is 248 g/mol. The second kappa shape index (κ2) is 5.35. The van der Waals surface area contributed by atoms with Gasteiger partial charge in [-0.25, -0.2) is 0 Å². The number of halogens is 1. The molecular formula is C11H22BrN. The van der Waals surface area contributed by atoms with Gasteiger partial charge in [-0.15, -0.1) is 0 Å². The van der Waals surface area contributed by atoms with Crippen LogP contribution >= 0.6 is 15.9 Å². The first kappa shape index (κ1) is 11.5. The molecule has 0 saturated heterocycles. The summed E-state index contributed by atoms with van der Waals surface area (Å²) in [6.45, 7) is 5.90. The van der Waals surface area contributed by atoms with Crippen molar-refractivity contribution in [2.75, 3.05) is 13.6 Å². The second-order valence-corrected chi connectivity index (χ2v) is 5.81. The Morgan fingerprint density at radius 2 is 2.08 bits per heavy atom. The highest BCUT2D eigenvalue weighted by atomic mass is 79.9. The maximum atomic E-state index is 3.64. The summed E-state index contributed by atoms with van der Waals surface area (Å²) in [5, 5.41) is 0. The van der Waals surface area contributed by atoms with Crippen molar-refractivity contribution in [3.63, 3.8) is 0 Å². The van der Waals surface area contributed by atoms with Crippen molar-refractivity contribution in [3.05, 3.63) is 0 Å². The Bertz CT molecular complexity index is 143. The Hall–Kier alpha value is 0.440. The van der Waals surface area contributed by atoms with Gasteiger partial charge in [0.15, 0.2) is 0 Å². The minimum absolute atomic E-state index is 0.763. The number of nitrogens with zero attached hydrogens (tertiary/aromatic N) is 1. The lowest BCUT2D eigenvalue weighted by atomic mass is 9.84. The fourth-order valence-electron chi connectivity index (χ4n) is 2.03. The van der Waals surface area contributed by atoms with Crippen LogP contribution < -0.4 is 0 Å². The van der Waals surface area contributed by atoms with Crippen molar-refractivity contribution in [1.29, 1.82) is 0 Å². The highest BCUT2D eigenvalue weighted by Gasteiger charge is 2.28. The molecule has 0 amide bonds. The van der Waals surface area contributed by atoms with Gasteiger partial charge in [0.1, 0.15) is 0 Å². The van der Waals surface area contributed by atoms with Gasteiger partial charge in [0.25, 0.3) is 0 Å². The number of rotatable bonds is 5. The van der Waals surface area contributed by atoms with E-state index in [2.05, 4.69) is 41.7 Å². The number of hydrogen-bond acceptors (Lipinski definition) is 1. The van der Waals surface area contributed by atoms with Gasteiger partial charge in [0.05, 0.1) is 0 Å². The third-order valence-corrected chi connectivity index (χ3v) is 3.93. The third kappa shape index (κ3) is 3.59. The van der Waals surface area contributed by atoms with E-state index in [0.29, 0.717) is 0 Å². The zero-order valence-corrected chi connectivity index (χ0v) is 10.7. The molecule has 0 aromatic rings.